The molecule has 25 heavy (non-hydrogen) atoms. The lowest BCUT2D eigenvalue weighted by Gasteiger charge is -2.32. The van der Waals surface area contributed by atoms with Gasteiger partial charge < -0.3 is 14.7 Å². The highest BCUT2D eigenvalue weighted by Gasteiger charge is 2.21. The number of thioether (sulfide) groups is 1. The van der Waals surface area contributed by atoms with Gasteiger partial charge in [-0.1, -0.05) is 30.3 Å². The van der Waals surface area contributed by atoms with E-state index in [1.54, 1.807) is 0 Å². The molecule has 3 rings (SSSR count). The van der Waals surface area contributed by atoms with Crippen molar-refractivity contribution in [1.29, 1.82) is 0 Å². The van der Waals surface area contributed by atoms with Gasteiger partial charge in [0.2, 0.25) is 5.91 Å². The monoisotopic (exact) mass is 383 g/mol. The van der Waals surface area contributed by atoms with Crippen molar-refractivity contribution in [3.63, 3.8) is 0 Å². The van der Waals surface area contributed by atoms with Crippen molar-refractivity contribution >= 4 is 35.1 Å². The second kappa shape index (κ2) is 8.56. The van der Waals surface area contributed by atoms with E-state index in [1.807, 2.05) is 11.0 Å². The average molecular weight is 384 g/mol. The van der Waals surface area contributed by atoms with Crippen molar-refractivity contribution in [2.24, 2.45) is 5.92 Å². The number of hydrogen-bond donors (Lipinski definition) is 0. The van der Waals surface area contributed by atoms with Crippen LogP contribution in [0.4, 0.5) is 5.82 Å². The average Bonchev–Trinajstić information content (AvgIpc) is 2.60. The number of likely N-dealkylation sites (N-methyl/N-ethyl adjacent to an activating group) is 1. The molecule has 2 aliphatic heterocycles. The largest absolute Gasteiger partial charge is 0.356 e. The van der Waals surface area contributed by atoms with E-state index >= 15 is 0 Å². The fourth-order valence-electron chi connectivity index (χ4n) is 3.12. The Balaban J connectivity index is 1.58. The van der Waals surface area contributed by atoms with E-state index in [0.717, 1.165) is 51.0 Å². The Hall–Kier alpha value is -1.05. The van der Waals surface area contributed by atoms with Crippen LogP contribution in [0.25, 0.3) is 0 Å². The van der Waals surface area contributed by atoms with Gasteiger partial charge in [0.05, 0.1) is 5.75 Å². The fraction of sp³-hybridized carbons (Fsp3) is 0.706. The first kappa shape index (κ1) is 18.7. The van der Waals surface area contributed by atoms with Gasteiger partial charge in [-0.05, 0) is 25.8 Å². The Morgan fingerprint density at radius 1 is 1.20 bits per heavy atom. The van der Waals surface area contributed by atoms with Gasteiger partial charge in [0.1, 0.15) is 11.0 Å². The molecule has 2 aliphatic rings. The van der Waals surface area contributed by atoms with Crippen molar-refractivity contribution in [3.05, 3.63) is 11.2 Å². The highest BCUT2D eigenvalue weighted by Crippen LogP contribution is 2.26. The van der Waals surface area contributed by atoms with Crippen LogP contribution in [0.15, 0.2) is 11.2 Å². The Morgan fingerprint density at radius 3 is 2.56 bits per heavy atom. The molecular formula is C17H26ClN5OS. The summed E-state index contributed by atoms with van der Waals surface area (Å²) in [4.78, 5) is 27.7. The quantitative estimate of drug-likeness (QED) is 0.451. The summed E-state index contributed by atoms with van der Waals surface area (Å²) in [6.45, 7) is 7.74. The molecule has 0 radical (unpaired) electrons. The number of anilines is 1. The van der Waals surface area contributed by atoms with Gasteiger partial charge in [0.25, 0.3) is 0 Å². The highest BCUT2D eigenvalue weighted by molar-refractivity contribution is 7.99. The van der Waals surface area contributed by atoms with Gasteiger partial charge in [-0.15, -0.1) is 0 Å². The molecule has 6 nitrogen and oxygen atoms in total. The smallest absolute Gasteiger partial charge is 0.233 e. The molecular weight excluding hydrogens is 358 g/mol. The van der Waals surface area contributed by atoms with E-state index in [9.17, 15) is 4.79 Å². The minimum absolute atomic E-state index is 0.148. The third-order valence-electron chi connectivity index (χ3n) is 4.95. The SMILES string of the molecule is CC1CCN(c2cc(Cl)nc(SCC(=O)N3CCN(C)CC3)n2)CC1. The summed E-state index contributed by atoms with van der Waals surface area (Å²) in [7, 11) is 2.08. The third-order valence-corrected chi connectivity index (χ3v) is 5.97. The number of aromatic nitrogens is 2. The normalized spacial score (nSPS) is 20.1. The molecule has 0 unspecified atom stereocenters. The minimum atomic E-state index is 0.148. The summed E-state index contributed by atoms with van der Waals surface area (Å²) in [6, 6.07) is 1.82. The molecule has 3 heterocycles. The second-order valence-corrected chi connectivity index (χ2v) is 8.30. The van der Waals surface area contributed by atoms with E-state index < -0.39 is 0 Å². The molecule has 1 aromatic heterocycles. The van der Waals surface area contributed by atoms with Crippen LogP contribution in [0.5, 0.6) is 0 Å². The van der Waals surface area contributed by atoms with Crippen LogP contribution in [0.2, 0.25) is 5.15 Å². The van der Waals surface area contributed by atoms with Crippen LogP contribution in [0.1, 0.15) is 19.8 Å². The third kappa shape index (κ3) is 5.21. The van der Waals surface area contributed by atoms with Crippen LogP contribution in [0.3, 0.4) is 0 Å². The summed E-state index contributed by atoms with van der Waals surface area (Å²) in [5.74, 6) is 2.15. The number of nitrogens with zero attached hydrogens (tertiary/aromatic N) is 5. The molecule has 2 saturated heterocycles. The van der Waals surface area contributed by atoms with Crippen molar-refractivity contribution in [2.75, 3.05) is 57.0 Å². The Kier molecular flexibility index (Phi) is 6.41. The first-order chi connectivity index (χ1) is 12.0. The zero-order chi connectivity index (χ0) is 17.8. The highest BCUT2D eigenvalue weighted by atomic mass is 35.5. The molecule has 0 bridgehead atoms. The maximum Gasteiger partial charge on any atom is 0.233 e. The summed E-state index contributed by atoms with van der Waals surface area (Å²) in [5, 5.41) is 1.03. The summed E-state index contributed by atoms with van der Waals surface area (Å²) in [6.07, 6.45) is 2.35. The maximum absolute atomic E-state index is 12.4. The number of carbonyl (C=O) groups excluding carboxylic acids is 1. The summed E-state index contributed by atoms with van der Waals surface area (Å²) in [5.41, 5.74) is 0. The molecule has 1 aromatic rings. The van der Waals surface area contributed by atoms with E-state index in [0.29, 0.717) is 16.1 Å². The number of piperazine rings is 1. The van der Waals surface area contributed by atoms with Gasteiger partial charge in [-0.2, -0.15) is 0 Å². The molecule has 138 valence electrons. The number of rotatable bonds is 4. The molecule has 2 fully saturated rings. The zero-order valence-corrected chi connectivity index (χ0v) is 16.5. The van der Waals surface area contributed by atoms with E-state index in [-0.39, 0.29) is 5.91 Å². The number of halogens is 1. The molecule has 0 spiro atoms. The Labute approximate surface area is 158 Å². The fourth-order valence-corrected chi connectivity index (χ4v) is 4.11. The van der Waals surface area contributed by atoms with Crippen molar-refractivity contribution in [1.82, 2.24) is 19.8 Å². The summed E-state index contributed by atoms with van der Waals surface area (Å²) >= 11 is 7.56. The van der Waals surface area contributed by atoms with Crippen LogP contribution in [-0.4, -0.2) is 77.7 Å². The number of hydrogen-bond acceptors (Lipinski definition) is 6. The Morgan fingerprint density at radius 2 is 1.88 bits per heavy atom. The van der Waals surface area contributed by atoms with Crippen LogP contribution in [-0.2, 0) is 4.79 Å². The molecule has 1 amide bonds. The predicted octanol–water partition coefficient (Wildman–Crippen LogP) is 2.23. The van der Waals surface area contributed by atoms with Crippen molar-refractivity contribution in [2.45, 2.75) is 24.9 Å². The first-order valence-electron chi connectivity index (χ1n) is 8.90. The maximum atomic E-state index is 12.4. The lowest BCUT2D eigenvalue weighted by atomic mass is 9.99. The molecule has 0 saturated carbocycles. The van der Waals surface area contributed by atoms with E-state index in [2.05, 4.69) is 33.7 Å². The standard InChI is InChI=1S/C17H26ClN5OS/c1-13-3-5-22(6-4-13)15-11-14(18)19-17(20-15)25-12-16(24)23-9-7-21(2)8-10-23/h11,13H,3-10,12H2,1-2H3. The van der Waals surface area contributed by atoms with Gasteiger partial charge in [0.15, 0.2) is 5.16 Å². The molecule has 8 heteroatoms. The number of piperidine rings is 1. The van der Waals surface area contributed by atoms with Gasteiger partial charge in [-0.25, -0.2) is 9.97 Å². The Bertz CT molecular complexity index is 601. The topological polar surface area (TPSA) is 52.6 Å². The lowest BCUT2D eigenvalue weighted by molar-refractivity contribution is -0.129. The number of carbonyl (C=O) groups is 1. The molecule has 0 N–H and O–H groups in total. The van der Waals surface area contributed by atoms with Gasteiger partial charge in [0, 0.05) is 45.3 Å². The van der Waals surface area contributed by atoms with Crippen LogP contribution in [0, 0.1) is 5.92 Å². The van der Waals surface area contributed by atoms with Gasteiger partial charge >= 0.3 is 0 Å². The van der Waals surface area contributed by atoms with Crippen molar-refractivity contribution in [3.8, 4) is 0 Å². The molecule has 0 aromatic carbocycles. The van der Waals surface area contributed by atoms with Crippen LogP contribution >= 0.6 is 23.4 Å². The van der Waals surface area contributed by atoms with E-state index in [4.69, 9.17) is 11.6 Å². The van der Waals surface area contributed by atoms with Crippen LogP contribution < -0.4 is 4.90 Å². The zero-order valence-electron chi connectivity index (χ0n) is 14.9. The summed E-state index contributed by atoms with van der Waals surface area (Å²) < 4.78 is 0. The molecule has 0 aliphatic carbocycles. The van der Waals surface area contributed by atoms with E-state index in [1.165, 1.54) is 24.6 Å². The van der Waals surface area contributed by atoms with Crippen molar-refractivity contribution < 1.29 is 4.79 Å². The minimum Gasteiger partial charge on any atom is -0.356 e. The lowest BCUT2D eigenvalue weighted by Crippen LogP contribution is -2.47. The second-order valence-electron chi connectivity index (χ2n) is 6.97. The molecule has 0 atom stereocenters. The number of amides is 1. The van der Waals surface area contributed by atoms with Gasteiger partial charge in [-0.3, -0.25) is 4.79 Å². The first-order valence-corrected chi connectivity index (χ1v) is 10.3. The predicted molar refractivity (Wildman–Crippen MR) is 102 cm³/mol.